The Morgan fingerprint density at radius 3 is 2.22 bits per heavy atom. The van der Waals surface area contributed by atoms with Crippen molar-refractivity contribution in [2.45, 2.75) is 58.8 Å². The summed E-state index contributed by atoms with van der Waals surface area (Å²) in [5.74, 6) is -3.84. The highest BCUT2D eigenvalue weighted by Gasteiger charge is 2.30. The molecule has 0 radical (unpaired) electrons. The predicted molar refractivity (Wildman–Crippen MR) is 151 cm³/mol. The van der Waals surface area contributed by atoms with Crippen LogP contribution in [0.3, 0.4) is 0 Å². The van der Waals surface area contributed by atoms with E-state index >= 15 is 0 Å². The van der Waals surface area contributed by atoms with Gasteiger partial charge in [-0.15, -0.1) is 0 Å². The molecular formula is C25H47N7O8S. The van der Waals surface area contributed by atoms with Crippen molar-refractivity contribution in [3.63, 3.8) is 0 Å². The van der Waals surface area contributed by atoms with E-state index in [1.807, 2.05) is 21.0 Å². The molecule has 0 rings (SSSR count). The van der Waals surface area contributed by atoms with Crippen LogP contribution in [0.1, 0.15) is 58.8 Å². The zero-order valence-electron chi connectivity index (χ0n) is 24.7. The second kappa shape index (κ2) is 20.0. The number of rotatable bonds is 23. The van der Waals surface area contributed by atoms with E-state index in [9.17, 15) is 32.1 Å². The molecule has 4 N–H and O–H groups in total. The highest BCUT2D eigenvalue weighted by molar-refractivity contribution is 7.85. The molecule has 16 heteroatoms. The van der Waals surface area contributed by atoms with Gasteiger partial charge in [-0.3, -0.25) is 19.2 Å². The number of hydrogen-bond acceptors (Lipinski definition) is 9. The molecule has 0 aliphatic heterocycles. The highest BCUT2D eigenvalue weighted by atomic mass is 32.2. The number of nitrogens with two attached hydrogens (primary N) is 1. The summed E-state index contributed by atoms with van der Waals surface area (Å²) in [6, 6.07) is 0. The fourth-order valence-corrected chi connectivity index (χ4v) is 4.56. The van der Waals surface area contributed by atoms with E-state index in [0.29, 0.717) is 49.9 Å². The molecule has 0 fully saturated rings. The molecule has 0 bridgehead atoms. The molecule has 3 atom stereocenters. The second-order valence-electron chi connectivity index (χ2n) is 10.8. The average molecular weight is 606 g/mol. The number of ether oxygens (including phenoxy) is 1. The van der Waals surface area contributed by atoms with Crippen LogP contribution in [-0.2, 0) is 34.0 Å². The van der Waals surface area contributed by atoms with Gasteiger partial charge >= 0.3 is 5.97 Å². The minimum Gasteiger partial charge on any atom is -0.748 e. The minimum absolute atomic E-state index is 0.0903. The summed E-state index contributed by atoms with van der Waals surface area (Å²) in [6.07, 6.45) is 3.08. The van der Waals surface area contributed by atoms with E-state index in [-0.39, 0.29) is 44.2 Å². The highest BCUT2D eigenvalue weighted by Crippen LogP contribution is 2.24. The van der Waals surface area contributed by atoms with Gasteiger partial charge in [0.05, 0.1) is 36.7 Å². The van der Waals surface area contributed by atoms with Crippen LogP contribution in [0.5, 0.6) is 0 Å². The van der Waals surface area contributed by atoms with Crippen molar-refractivity contribution in [1.82, 2.24) is 10.6 Å². The molecule has 41 heavy (non-hydrogen) atoms. The summed E-state index contributed by atoms with van der Waals surface area (Å²) in [7, 11) is -0.591. The van der Waals surface area contributed by atoms with Crippen LogP contribution in [-0.4, -0.2) is 100 Å². The minimum atomic E-state index is -4.28. The zero-order valence-corrected chi connectivity index (χ0v) is 25.5. The van der Waals surface area contributed by atoms with Crippen LogP contribution in [0.4, 0.5) is 0 Å². The molecule has 0 saturated heterocycles. The van der Waals surface area contributed by atoms with Crippen molar-refractivity contribution < 1.29 is 41.4 Å². The monoisotopic (exact) mass is 605 g/mol. The summed E-state index contributed by atoms with van der Waals surface area (Å²) in [6.45, 7) is 4.94. The van der Waals surface area contributed by atoms with Gasteiger partial charge in [0.1, 0.15) is 19.7 Å². The fraction of sp³-hybridized carbons (Fsp3) is 0.840. The van der Waals surface area contributed by atoms with Crippen LogP contribution in [0, 0.1) is 17.8 Å². The number of hydrogen-bond donors (Lipinski definition) is 3. The third-order valence-electron chi connectivity index (χ3n) is 6.74. The molecule has 15 nitrogen and oxygen atoms in total. The molecule has 236 valence electrons. The Kier molecular flexibility index (Phi) is 18.6. The van der Waals surface area contributed by atoms with Gasteiger partial charge < -0.3 is 30.1 Å². The maximum Gasteiger partial charge on any atom is 0.309 e. The fourth-order valence-electron chi connectivity index (χ4n) is 4.08. The van der Waals surface area contributed by atoms with Crippen LogP contribution in [0.25, 0.3) is 10.4 Å². The van der Waals surface area contributed by atoms with Gasteiger partial charge in [-0.1, -0.05) is 19.0 Å². The Bertz CT molecular complexity index is 1000. The first-order valence-corrected chi connectivity index (χ1v) is 15.5. The molecule has 3 unspecified atom stereocenters. The zero-order chi connectivity index (χ0) is 31.5. The van der Waals surface area contributed by atoms with Gasteiger partial charge in [0.25, 0.3) is 0 Å². The van der Waals surface area contributed by atoms with Gasteiger partial charge in [0.2, 0.25) is 17.7 Å². The van der Waals surface area contributed by atoms with Gasteiger partial charge in [0, 0.05) is 42.0 Å². The third kappa shape index (κ3) is 19.7. The van der Waals surface area contributed by atoms with E-state index in [1.165, 1.54) is 0 Å². The number of nitrogens with one attached hydrogen (secondary N) is 2. The summed E-state index contributed by atoms with van der Waals surface area (Å²) in [5, 5.41) is 8.67. The number of nitrogens with zero attached hydrogens (tertiary/aromatic N) is 4. The first kappa shape index (κ1) is 38.1. The van der Waals surface area contributed by atoms with Crippen molar-refractivity contribution >= 4 is 33.8 Å². The Labute approximate surface area is 242 Å². The number of azide groups is 1. The van der Waals surface area contributed by atoms with Crippen LogP contribution in [0.15, 0.2) is 5.11 Å². The lowest BCUT2D eigenvalue weighted by atomic mass is 9.85. The lowest BCUT2D eigenvalue weighted by molar-refractivity contribution is -0.890. The number of esters is 1. The normalized spacial score (nSPS) is 13.8. The standard InChI is InChI=1S/C25H47N7O8S/c1-5-20(25(36)40-14-13-32(3,4)12-9-15-41(37,38)39)17-21(16-19(2)23(26)34)24(35)29-11-8-6-7-10-28-22(33)18-30-31-27/h19-21H,5-18H2,1-4H3,(H4-,26,28,29,33,34,35,37,38,39). The quantitative estimate of drug-likeness (QED) is 0.0286. The van der Waals surface area contributed by atoms with Crippen molar-refractivity contribution in [1.29, 1.82) is 0 Å². The summed E-state index contributed by atoms with van der Waals surface area (Å²) in [5.41, 5.74) is 13.6. The van der Waals surface area contributed by atoms with E-state index in [0.717, 1.165) is 6.42 Å². The number of amides is 3. The lowest BCUT2D eigenvalue weighted by Gasteiger charge is -2.30. The lowest BCUT2D eigenvalue weighted by Crippen LogP contribution is -2.44. The van der Waals surface area contributed by atoms with Crippen molar-refractivity contribution in [2.75, 3.05) is 59.2 Å². The number of carbonyl (C=O) groups excluding carboxylic acids is 4. The number of likely N-dealkylation sites (N-methyl/N-ethyl adjacent to an activating group) is 1. The third-order valence-corrected chi connectivity index (χ3v) is 7.53. The van der Waals surface area contributed by atoms with E-state index in [4.69, 9.17) is 16.0 Å². The number of carbonyl (C=O) groups is 4. The summed E-state index contributed by atoms with van der Waals surface area (Å²) < 4.78 is 38.3. The number of primary amides is 1. The van der Waals surface area contributed by atoms with Crippen molar-refractivity contribution in [3.05, 3.63) is 10.4 Å². The van der Waals surface area contributed by atoms with Gasteiger partial charge in [-0.05, 0) is 44.1 Å². The maximum absolute atomic E-state index is 13.0. The topological polar surface area (TPSA) is 234 Å². The molecule has 0 saturated carbocycles. The molecule has 0 spiro atoms. The largest absolute Gasteiger partial charge is 0.748 e. The summed E-state index contributed by atoms with van der Waals surface area (Å²) >= 11 is 0. The van der Waals surface area contributed by atoms with Crippen LogP contribution >= 0.6 is 0 Å². The maximum atomic E-state index is 13.0. The number of unbranched alkanes of at least 4 members (excludes halogenated alkanes) is 2. The molecule has 0 aromatic rings. The van der Waals surface area contributed by atoms with E-state index in [1.54, 1.807) is 6.92 Å². The molecular weight excluding hydrogens is 558 g/mol. The van der Waals surface area contributed by atoms with Crippen molar-refractivity contribution in [2.24, 2.45) is 28.6 Å². The SMILES string of the molecule is CCC(CC(CC(C)C(N)=O)C(=O)NCCCCCNC(=O)CN=[N+]=[N-])C(=O)OCC[N+](C)(C)CCCS(=O)(=O)[O-]. The van der Waals surface area contributed by atoms with E-state index < -0.39 is 45.5 Å². The molecule has 3 amide bonds. The Morgan fingerprint density at radius 1 is 1.02 bits per heavy atom. The number of quaternary nitrogens is 1. The predicted octanol–water partition coefficient (Wildman–Crippen LogP) is 0.798. The van der Waals surface area contributed by atoms with Gasteiger partial charge in [-0.25, -0.2) is 8.42 Å². The van der Waals surface area contributed by atoms with E-state index in [2.05, 4.69) is 20.7 Å². The first-order chi connectivity index (χ1) is 19.1. The smallest absolute Gasteiger partial charge is 0.309 e. The first-order valence-electron chi connectivity index (χ1n) is 13.9. The van der Waals surface area contributed by atoms with Crippen molar-refractivity contribution in [3.8, 4) is 0 Å². The molecule has 0 aliphatic carbocycles. The second-order valence-corrected chi connectivity index (χ2v) is 12.4. The molecule has 0 aliphatic rings. The van der Waals surface area contributed by atoms with Gasteiger partial charge in [0.15, 0.2) is 0 Å². The molecule has 0 aromatic carbocycles. The summed E-state index contributed by atoms with van der Waals surface area (Å²) in [4.78, 5) is 51.4. The molecule has 0 aromatic heterocycles. The Balaban J connectivity index is 4.82. The van der Waals surface area contributed by atoms with Gasteiger partial charge in [-0.2, -0.15) is 0 Å². The Morgan fingerprint density at radius 2 is 1.66 bits per heavy atom. The molecule has 0 heterocycles. The Hall–Kier alpha value is -2.94. The van der Waals surface area contributed by atoms with Crippen LogP contribution < -0.4 is 16.4 Å². The average Bonchev–Trinajstić information content (AvgIpc) is 2.87. The van der Waals surface area contributed by atoms with Crippen LogP contribution in [0.2, 0.25) is 0 Å².